The topological polar surface area (TPSA) is 47.6 Å². The van der Waals surface area contributed by atoms with Gasteiger partial charge in [-0.3, -0.25) is 0 Å². The minimum Gasteiger partial charge on any atom is -0.198 e. The van der Waals surface area contributed by atoms with Crippen LogP contribution in [0.5, 0.6) is 0 Å². The van der Waals surface area contributed by atoms with Crippen LogP contribution in [0.4, 0.5) is 0 Å². The first kappa shape index (κ1) is 11.8. The Morgan fingerprint density at radius 2 is 1.50 bits per heavy atom. The fourth-order valence-electron chi connectivity index (χ4n) is 4.92. The fourth-order valence-corrected chi connectivity index (χ4v) is 4.92. The Hall–Kier alpha value is -2.84. The van der Waals surface area contributed by atoms with Gasteiger partial charge in [-0.05, 0) is 22.3 Å². The second-order valence-electron chi connectivity index (χ2n) is 6.37. The molecule has 102 valence electrons. The lowest BCUT2D eigenvalue weighted by molar-refractivity contribution is 0.590. The summed E-state index contributed by atoms with van der Waals surface area (Å²) >= 11 is 0. The third-order valence-corrected chi connectivity index (χ3v) is 5.66. The minimum atomic E-state index is -0.403. The quantitative estimate of drug-likeness (QED) is 0.792. The van der Waals surface area contributed by atoms with Crippen molar-refractivity contribution in [3.63, 3.8) is 0 Å². The third kappa shape index (κ3) is 1.06. The van der Waals surface area contributed by atoms with Crippen molar-refractivity contribution >= 4 is 5.57 Å². The smallest absolute Gasteiger partial charge is 0.0957 e. The van der Waals surface area contributed by atoms with E-state index in [1.54, 1.807) is 0 Å². The van der Waals surface area contributed by atoms with E-state index in [1.807, 2.05) is 30.3 Å². The Morgan fingerprint density at radius 3 is 2.18 bits per heavy atom. The SMILES string of the molecule is N#CC1=C(c2ccccc2)C2C3c4ccccc4C1C23C#N. The highest BCUT2D eigenvalue weighted by atomic mass is 14.8. The van der Waals surface area contributed by atoms with Gasteiger partial charge >= 0.3 is 0 Å². The van der Waals surface area contributed by atoms with E-state index < -0.39 is 5.41 Å². The number of fused-ring (bicyclic) bond motifs is 4. The highest BCUT2D eigenvalue weighted by Crippen LogP contribution is 2.84. The van der Waals surface area contributed by atoms with Crippen LogP contribution >= 0.6 is 0 Å². The zero-order chi connectivity index (χ0) is 14.9. The van der Waals surface area contributed by atoms with Crippen molar-refractivity contribution in [1.82, 2.24) is 0 Å². The van der Waals surface area contributed by atoms with E-state index in [-0.39, 0.29) is 17.8 Å². The lowest BCUT2D eigenvalue weighted by Crippen LogP contribution is -2.09. The van der Waals surface area contributed by atoms with Gasteiger partial charge in [0.15, 0.2) is 0 Å². The second kappa shape index (κ2) is 3.67. The molecule has 3 aliphatic carbocycles. The van der Waals surface area contributed by atoms with Gasteiger partial charge < -0.3 is 0 Å². The molecule has 2 aromatic carbocycles. The average Bonchev–Trinajstić information content (AvgIpc) is 3.06. The lowest BCUT2D eigenvalue weighted by atomic mass is 9.85. The molecular weight excluding hydrogens is 268 g/mol. The van der Waals surface area contributed by atoms with Crippen molar-refractivity contribution < 1.29 is 0 Å². The highest BCUT2D eigenvalue weighted by molar-refractivity contribution is 5.88. The maximum absolute atomic E-state index is 9.91. The van der Waals surface area contributed by atoms with Gasteiger partial charge in [0.25, 0.3) is 0 Å². The number of nitriles is 2. The summed E-state index contributed by atoms with van der Waals surface area (Å²) in [5.74, 6) is 0.421. The molecule has 0 N–H and O–H groups in total. The minimum absolute atomic E-state index is 0.0380. The lowest BCUT2D eigenvalue weighted by Gasteiger charge is -2.14. The Bertz CT molecular complexity index is 926. The Balaban J connectivity index is 1.80. The van der Waals surface area contributed by atoms with Crippen molar-refractivity contribution in [1.29, 1.82) is 10.5 Å². The summed E-state index contributed by atoms with van der Waals surface area (Å²) in [7, 11) is 0. The van der Waals surface area contributed by atoms with E-state index in [0.29, 0.717) is 0 Å². The summed E-state index contributed by atoms with van der Waals surface area (Å²) in [6, 6.07) is 23.4. The van der Waals surface area contributed by atoms with E-state index in [0.717, 1.165) is 16.7 Å². The number of hydrogen-bond acceptors (Lipinski definition) is 2. The normalized spacial score (nSPS) is 32.9. The molecular formula is C20H12N2. The van der Waals surface area contributed by atoms with Crippen LogP contribution in [0.3, 0.4) is 0 Å². The summed E-state index contributed by atoms with van der Waals surface area (Å²) in [4.78, 5) is 0. The number of nitrogens with zero attached hydrogens (tertiary/aromatic N) is 2. The molecule has 0 heterocycles. The van der Waals surface area contributed by atoms with Crippen molar-refractivity contribution in [3.8, 4) is 12.1 Å². The van der Waals surface area contributed by atoms with E-state index in [1.165, 1.54) is 11.1 Å². The number of benzene rings is 2. The fraction of sp³-hybridized carbons (Fsp3) is 0.200. The third-order valence-electron chi connectivity index (χ3n) is 5.66. The summed E-state index contributed by atoms with van der Waals surface area (Å²) in [6.45, 7) is 0. The van der Waals surface area contributed by atoms with Gasteiger partial charge in [-0.15, -0.1) is 0 Å². The van der Waals surface area contributed by atoms with E-state index in [9.17, 15) is 10.5 Å². The summed E-state index contributed by atoms with van der Waals surface area (Å²) < 4.78 is 0. The zero-order valence-corrected chi connectivity index (χ0v) is 11.8. The van der Waals surface area contributed by atoms with E-state index in [2.05, 4.69) is 36.4 Å². The monoisotopic (exact) mass is 280 g/mol. The predicted molar refractivity (Wildman–Crippen MR) is 82.4 cm³/mol. The van der Waals surface area contributed by atoms with Crippen molar-refractivity contribution in [2.24, 2.45) is 11.3 Å². The molecule has 3 aliphatic rings. The molecule has 0 amide bonds. The van der Waals surface area contributed by atoms with Crippen LogP contribution in [0, 0.1) is 34.0 Å². The summed E-state index contributed by atoms with van der Waals surface area (Å²) in [5.41, 5.74) is 5.07. The van der Waals surface area contributed by atoms with Crippen LogP contribution in [0.25, 0.3) is 5.57 Å². The molecule has 0 spiro atoms. The number of rotatable bonds is 1. The van der Waals surface area contributed by atoms with Crippen molar-refractivity contribution in [3.05, 3.63) is 76.9 Å². The molecule has 4 unspecified atom stereocenters. The molecule has 2 nitrogen and oxygen atoms in total. The van der Waals surface area contributed by atoms with Gasteiger partial charge in [0.2, 0.25) is 0 Å². The van der Waals surface area contributed by atoms with Crippen LogP contribution in [0.2, 0.25) is 0 Å². The number of hydrogen-bond donors (Lipinski definition) is 0. The van der Waals surface area contributed by atoms with Crippen LogP contribution in [0.15, 0.2) is 60.2 Å². The average molecular weight is 280 g/mol. The van der Waals surface area contributed by atoms with Gasteiger partial charge in [-0.2, -0.15) is 10.5 Å². The molecule has 0 bridgehead atoms. The Morgan fingerprint density at radius 1 is 0.818 bits per heavy atom. The first-order valence-corrected chi connectivity index (χ1v) is 7.54. The van der Waals surface area contributed by atoms with Gasteiger partial charge in [0.05, 0.1) is 17.6 Å². The molecule has 22 heavy (non-hydrogen) atoms. The standard InChI is InChI=1S/C20H12N2/c21-10-15-16(12-6-2-1-3-7-12)19-18-14-9-5-4-8-13(14)17(15)20(18,19)11-22/h1-9,17-19H. The molecule has 0 aliphatic heterocycles. The van der Waals surface area contributed by atoms with Crippen LogP contribution in [0.1, 0.15) is 28.5 Å². The molecule has 0 saturated heterocycles. The van der Waals surface area contributed by atoms with Crippen LogP contribution in [-0.2, 0) is 0 Å². The largest absolute Gasteiger partial charge is 0.198 e. The molecule has 1 fully saturated rings. The molecule has 0 radical (unpaired) electrons. The molecule has 2 heteroatoms. The molecule has 0 aromatic heterocycles. The maximum atomic E-state index is 9.91. The van der Waals surface area contributed by atoms with Crippen LogP contribution in [-0.4, -0.2) is 0 Å². The van der Waals surface area contributed by atoms with Gasteiger partial charge in [0.1, 0.15) is 0 Å². The van der Waals surface area contributed by atoms with Crippen molar-refractivity contribution in [2.75, 3.05) is 0 Å². The predicted octanol–water partition coefficient (Wildman–Crippen LogP) is 4.00. The zero-order valence-electron chi connectivity index (χ0n) is 11.8. The molecule has 5 rings (SSSR count). The second-order valence-corrected chi connectivity index (χ2v) is 6.37. The van der Waals surface area contributed by atoms with E-state index >= 15 is 0 Å². The van der Waals surface area contributed by atoms with Gasteiger partial charge in [-0.25, -0.2) is 0 Å². The van der Waals surface area contributed by atoms with Gasteiger partial charge in [0, 0.05) is 23.3 Å². The highest BCUT2D eigenvalue weighted by Gasteiger charge is 2.79. The molecule has 4 atom stereocenters. The first-order chi connectivity index (χ1) is 10.8. The Kier molecular flexibility index (Phi) is 1.97. The number of allylic oxidation sites excluding steroid dienone is 2. The van der Waals surface area contributed by atoms with Crippen LogP contribution < -0.4 is 0 Å². The summed E-state index contributed by atoms with van der Waals surface area (Å²) in [5, 5.41) is 19.7. The molecule has 2 aromatic rings. The van der Waals surface area contributed by atoms with E-state index in [4.69, 9.17) is 0 Å². The Labute approximate surface area is 128 Å². The summed E-state index contributed by atoms with van der Waals surface area (Å²) in [6.07, 6.45) is 0. The molecule has 1 saturated carbocycles. The van der Waals surface area contributed by atoms with Crippen molar-refractivity contribution in [2.45, 2.75) is 11.8 Å². The maximum Gasteiger partial charge on any atom is 0.0957 e. The van der Waals surface area contributed by atoms with Gasteiger partial charge in [-0.1, -0.05) is 54.6 Å². The first-order valence-electron chi connectivity index (χ1n) is 7.54.